The molecular formula is C52H49N3O5. The van der Waals surface area contributed by atoms with E-state index in [0.29, 0.717) is 44.8 Å². The molecule has 0 bridgehead atoms. The molecular weight excluding hydrogens is 747 g/mol. The summed E-state index contributed by atoms with van der Waals surface area (Å²) < 4.78 is 0. The number of phenols is 5. The fraction of sp³-hybridized carbons (Fsp3) is 0.192. The zero-order valence-electron chi connectivity index (χ0n) is 35.1. The Balaban J connectivity index is 1.25. The van der Waals surface area contributed by atoms with Crippen molar-refractivity contribution in [3.63, 3.8) is 0 Å². The van der Waals surface area contributed by atoms with Crippen LogP contribution in [0.3, 0.4) is 0 Å². The average molecular weight is 796 g/mol. The molecule has 7 N–H and O–H groups in total. The largest absolute Gasteiger partial charge is 0.505 e. The third kappa shape index (κ3) is 5.43. The van der Waals surface area contributed by atoms with Crippen molar-refractivity contribution in [2.45, 2.75) is 66.2 Å². The van der Waals surface area contributed by atoms with Crippen LogP contribution in [0.15, 0.2) is 109 Å². The van der Waals surface area contributed by atoms with E-state index in [1.165, 1.54) is 0 Å². The third-order valence-electron chi connectivity index (χ3n) is 12.8. The van der Waals surface area contributed by atoms with E-state index in [2.05, 4.69) is 0 Å². The molecule has 302 valence electrons. The molecule has 0 aliphatic heterocycles. The Bertz CT molecular complexity index is 2610. The number of phenolic OH excluding ortho intramolecular Hbond substituents is 5. The van der Waals surface area contributed by atoms with Crippen LogP contribution in [-0.2, 0) is 10.8 Å². The molecule has 0 radical (unpaired) electrons. The van der Waals surface area contributed by atoms with E-state index >= 15 is 0 Å². The van der Waals surface area contributed by atoms with Crippen LogP contribution in [-0.4, -0.2) is 25.5 Å². The van der Waals surface area contributed by atoms with Crippen LogP contribution in [0.25, 0.3) is 22.3 Å². The maximum atomic E-state index is 12.6. The highest BCUT2D eigenvalue weighted by Gasteiger charge is 2.48. The molecule has 0 spiro atoms. The smallest absolute Gasteiger partial charge is 0.186 e. The first kappa shape index (κ1) is 38.5. The molecule has 0 heterocycles. The Labute approximate surface area is 350 Å². The fourth-order valence-electron chi connectivity index (χ4n) is 9.51. The van der Waals surface area contributed by atoms with E-state index in [9.17, 15) is 25.5 Å². The van der Waals surface area contributed by atoms with Gasteiger partial charge in [0.15, 0.2) is 11.5 Å². The fourth-order valence-corrected chi connectivity index (χ4v) is 9.51. The quantitative estimate of drug-likeness (QED) is 0.0557. The Morgan fingerprint density at radius 3 is 1.05 bits per heavy atom. The number of fused-ring (bicyclic) bond motifs is 6. The van der Waals surface area contributed by atoms with Crippen molar-refractivity contribution in [2.75, 3.05) is 15.5 Å². The normalized spacial score (nSPS) is 14.0. The van der Waals surface area contributed by atoms with Gasteiger partial charge in [-0.15, -0.1) is 0 Å². The number of nitrogen functional groups attached to an aromatic ring is 1. The topological polar surface area (TPSA) is 134 Å². The molecule has 8 nitrogen and oxygen atoms in total. The molecule has 60 heavy (non-hydrogen) atoms. The molecule has 9 rings (SSSR count). The summed E-state index contributed by atoms with van der Waals surface area (Å²) in [6.07, 6.45) is 0. The van der Waals surface area contributed by atoms with E-state index < -0.39 is 16.6 Å². The van der Waals surface area contributed by atoms with Crippen molar-refractivity contribution in [3.05, 3.63) is 154 Å². The Kier molecular flexibility index (Phi) is 8.48. The van der Waals surface area contributed by atoms with E-state index in [4.69, 9.17) is 5.73 Å². The number of hydrogen-bond donors (Lipinski definition) is 6. The second-order valence-electron chi connectivity index (χ2n) is 17.6. The standard InChI is InChI=1S/C52H49N3O5/c1-27-9-17-31(18-10-27)54(32-19-11-28(2)12-20-32)44-43(53)46(56)39-35-25-38-36(26-37(35)51(5,6)41(39)48(44)58)40-42(52(38,7)8)49(59)45(50(60)47(40)57)55(33-21-13-29(3)14-22-33)34-23-15-30(4)16-24-34/h9-26,56-60H,53H2,1-8H3. The highest BCUT2D eigenvalue weighted by Crippen LogP contribution is 2.67. The van der Waals surface area contributed by atoms with Gasteiger partial charge in [-0.1, -0.05) is 98.5 Å². The van der Waals surface area contributed by atoms with Gasteiger partial charge in [-0.3, -0.25) is 0 Å². The predicted molar refractivity (Wildman–Crippen MR) is 243 cm³/mol. The molecule has 8 heteroatoms. The molecule has 0 unspecified atom stereocenters. The molecule has 0 saturated carbocycles. The zero-order chi connectivity index (χ0) is 42.7. The van der Waals surface area contributed by atoms with Crippen molar-refractivity contribution in [2.24, 2.45) is 0 Å². The summed E-state index contributed by atoms with van der Waals surface area (Å²) in [6, 6.07) is 35.3. The minimum Gasteiger partial charge on any atom is -0.505 e. The lowest BCUT2D eigenvalue weighted by Gasteiger charge is -2.31. The summed E-state index contributed by atoms with van der Waals surface area (Å²) in [5.41, 5.74) is 17.3. The maximum Gasteiger partial charge on any atom is 0.186 e. The SMILES string of the molecule is Cc1ccc(N(c2ccc(C)cc2)c2c(N)c(O)c3c(c2O)C(C)(C)c2cc4c(cc2-3)C(C)(C)c2c(O)c(N(c3ccc(C)cc3)c3ccc(C)cc3)c(O)c(O)c2-4)cc1. The highest BCUT2D eigenvalue weighted by molar-refractivity contribution is 6.04. The van der Waals surface area contributed by atoms with E-state index in [0.717, 1.165) is 44.8 Å². The molecule has 0 atom stereocenters. The lowest BCUT2D eigenvalue weighted by Crippen LogP contribution is -2.19. The zero-order valence-corrected chi connectivity index (χ0v) is 35.1. The summed E-state index contributed by atoms with van der Waals surface area (Å²) in [6.45, 7) is 15.9. The van der Waals surface area contributed by atoms with Crippen LogP contribution in [0.1, 0.15) is 72.2 Å². The van der Waals surface area contributed by atoms with Gasteiger partial charge in [-0.25, -0.2) is 0 Å². The number of aromatic hydroxyl groups is 5. The van der Waals surface area contributed by atoms with Gasteiger partial charge >= 0.3 is 0 Å². The van der Waals surface area contributed by atoms with Crippen LogP contribution in [0.4, 0.5) is 39.8 Å². The Hall–Kier alpha value is -7.06. The molecule has 0 aromatic heterocycles. The second-order valence-corrected chi connectivity index (χ2v) is 17.6. The van der Waals surface area contributed by atoms with E-state index in [-0.39, 0.29) is 40.1 Å². The number of anilines is 7. The number of rotatable bonds is 6. The van der Waals surface area contributed by atoms with Gasteiger partial charge in [0, 0.05) is 55.8 Å². The number of aryl methyl sites for hydroxylation is 4. The average Bonchev–Trinajstić information content (AvgIpc) is 3.60. The Morgan fingerprint density at radius 1 is 0.400 bits per heavy atom. The number of hydrogen-bond acceptors (Lipinski definition) is 8. The molecule has 7 aromatic carbocycles. The van der Waals surface area contributed by atoms with Gasteiger partial charge in [0.25, 0.3) is 0 Å². The van der Waals surface area contributed by atoms with Gasteiger partial charge in [0.2, 0.25) is 0 Å². The van der Waals surface area contributed by atoms with Crippen molar-refractivity contribution < 1.29 is 25.5 Å². The second kappa shape index (κ2) is 13.2. The first-order chi connectivity index (χ1) is 28.4. The number of nitrogens with two attached hydrogens (primary N) is 1. The van der Waals surface area contributed by atoms with Gasteiger partial charge in [-0.2, -0.15) is 0 Å². The van der Waals surface area contributed by atoms with Crippen molar-refractivity contribution in [3.8, 4) is 51.0 Å². The van der Waals surface area contributed by atoms with Crippen molar-refractivity contribution in [1.29, 1.82) is 0 Å². The summed E-state index contributed by atoms with van der Waals surface area (Å²) >= 11 is 0. The van der Waals surface area contributed by atoms with Crippen LogP contribution >= 0.6 is 0 Å². The maximum absolute atomic E-state index is 12.6. The summed E-state index contributed by atoms with van der Waals surface area (Å²) in [5.74, 6) is -1.19. The minimum atomic E-state index is -0.903. The van der Waals surface area contributed by atoms with Gasteiger partial charge in [0.05, 0.1) is 0 Å². The van der Waals surface area contributed by atoms with Crippen LogP contribution in [0, 0.1) is 27.7 Å². The molecule has 0 saturated heterocycles. The monoisotopic (exact) mass is 795 g/mol. The minimum absolute atomic E-state index is 0.0243. The lowest BCUT2D eigenvalue weighted by atomic mass is 9.78. The lowest BCUT2D eigenvalue weighted by molar-refractivity contribution is 0.396. The van der Waals surface area contributed by atoms with E-state index in [1.807, 2.05) is 169 Å². The Morgan fingerprint density at radius 2 is 0.700 bits per heavy atom. The summed E-state index contributed by atoms with van der Waals surface area (Å²) in [5, 5.41) is 61.6. The first-order valence-corrected chi connectivity index (χ1v) is 20.2. The van der Waals surface area contributed by atoms with E-state index in [1.54, 1.807) is 4.90 Å². The van der Waals surface area contributed by atoms with Gasteiger partial charge in [-0.05, 0) is 111 Å². The van der Waals surface area contributed by atoms with Crippen LogP contribution in [0.2, 0.25) is 0 Å². The highest BCUT2D eigenvalue weighted by atomic mass is 16.3. The van der Waals surface area contributed by atoms with Crippen LogP contribution in [0.5, 0.6) is 28.7 Å². The van der Waals surface area contributed by atoms with Gasteiger partial charge < -0.3 is 41.1 Å². The molecule has 2 aliphatic carbocycles. The predicted octanol–water partition coefficient (Wildman–Crippen LogP) is 12.6. The first-order valence-electron chi connectivity index (χ1n) is 20.2. The number of benzene rings is 7. The molecule has 2 aliphatic rings. The molecule has 0 amide bonds. The summed E-state index contributed by atoms with van der Waals surface area (Å²) in [4.78, 5) is 3.64. The molecule has 7 aromatic rings. The number of nitrogens with zero attached hydrogens (tertiary/aromatic N) is 2. The summed E-state index contributed by atoms with van der Waals surface area (Å²) in [7, 11) is 0. The third-order valence-corrected chi connectivity index (χ3v) is 12.8. The van der Waals surface area contributed by atoms with Gasteiger partial charge in [0.1, 0.15) is 34.3 Å². The molecule has 0 fully saturated rings. The van der Waals surface area contributed by atoms with Crippen molar-refractivity contribution in [1.82, 2.24) is 0 Å². The van der Waals surface area contributed by atoms with Crippen molar-refractivity contribution >= 4 is 39.8 Å². The van der Waals surface area contributed by atoms with Crippen LogP contribution < -0.4 is 15.5 Å².